The zero-order valence-corrected chi connectivity index (χ0v) is 12.4. The molecule has 0 spiro atoms. The highest BCUT2D eigenvalue weighted by atomic mass is 127. The molecule has 100 valence electrons. The second-order valence-corrected chi connectivity index (χ2v) is 7.21. The Morgan fingerprint density at radius 3 is 2.67 bits per heavy atom. The molecule has 2 aliphatic rings. The number of halogens is 4. The van der Waals surface area contributed by atoms with Gasteiger partial charge in [-0.3, -0.25) is 0 Å². The van der Waals surface area contributed by atoms with E-state index in [-0.39, 0.29) is 27.7 Å². The average Bonchev–Trinajstić information content (AvgIpc) is 2.32. The molecule has 0 N–H and O–H groups in total. The molecule has 2 rings (SSSR count). The van der Waals surface area contributed by atoms with E-state index in [2.05, 4.69) is 4.51 Å². The molecule has 0 bridgehead atoms. The van der Waals surface area contributed by atoms with Crippen molar-refractivity contribution in [3.63, 3.8) is 0 Å². The van der Waals surface area contributed by atoms with E-state index < -0.39 is 38.3 Å². The molecule has 4 heteroatoms. The minimum absolute atomic E-state index is 0.0638. The van der Waals surface area contributed by atoms with Crippen LogP contribution < -0.4 is 0 Å². The highest BCUT2D eigenvalue weighted by molar-refractivity contribution is 14.2. The molecule has 0 radical (unpaired) electrons. The van der Waals surface area contributed by atoms with Crippen molar-refractivity contribution in [2.24, 2.45) is 11.8 Å². The van der Waals surface area contributed by atoms with E-state index in [1.54, 1.807) is 0 Å². The Balaban J connectivity index is 2.36. The minimum Gasteiger partial charge on any atom is -0.211 e. The van der Waals surface area contributed by atoms with Gasteiger partial charge in [0.1, 0.15) is 17.5 Å². The lowest BCUT2D eigenvalue weighted by atomic mass is 9.78. The Labute approximate surface area is 115 Å². The van der Waals surface area contributed by atoms with Gasteiger partial charge in [0.25, 0.3) is 0 Å². The van der Waals surface area contributed by atoms with Crippen LogP contribution in [0.25, 0.3) is 0 Å². The van der Waals surface area contributed by atoms with Gasteiger partial charge in [0, 0.05) is 17.9 Å². The lowest BCUT2D eigenvalue weighted by molar-refractivity contribution is 0.376. The van der Waals surface area contributed by atoms with Crippen molar-refractivity contribution < 1.29 is 13.2 Å². The summed E-state index contributed by atoms with van der Waals surface area (Å²) in [4.78, 5) is 0. The highest BCUT2D eigenvalue weighted by Crippen LogP contribution is 2.43. The van der Waals surface area contributed by atoms with Gasteiger partial charge < -0.3 is 0 Å². The van der Waals surface area contributed by atoms with Gasteiger partial charge in [0.05, 0.1) is 3.92 Å². The summed E-state index contributed by atoms with van der Waals surface area (Å²) in [5, 5.41) is 0. The SMILES string of the molecule is C=IC1C[C@H](C)C(C2=C(F)CCC=C2F)C=C1F. The van der Waals surface area contributed by atoms with Crippen molar-refractivity contribution in [3.8, 4) is 0 Å². The number of allylic oxidation sites excluding steroid dienone is 6. The van der Waals surface area contributed by atoms with E-state index in [0.717, 1.165) is 0 Å². The van der Waals surface area contributed by atoms with Crippen LogP contribution in [0.15, 0.2) is 35.2 Å². The molecule has 18 heavy (non-hydrogen) atoms. The van der Waals surface area contributed by atoms with E-state index in [1.807, 2.05) is 6.92 Å². The van der Waals surface area contributed by atoms with Gasteiger partial charge in [0.2, 0.25) is 0 Å². The predicted octanol–water partition coefficient (Wildman–Crippen LogP) is 5.14. The van der Waals surface area contributed by atoms with Gasteiger partial charge in [-0.2, -0.15) is 0 Å². The Morgan fingerprint density at radius 1 is 1.33 bits per heavy atom. The van der Waals surface area contributed by atoms with Crippen LogP contribution in [0.1, 0.15) is 26.2 Å². The fourth-order valence-electron chi connectivity index (χ4n) is 2.57. The minimum atomic E-state index is -0.512. The lowest BCUT2D eigenvalue weighted by Gasteiger charge is -2.31. The van der Waals surface area contributed by atoms with Crippen molar-refractivity contribution in [1.82, 2.24) is 0 Å². The summed E-state index contributed by atoms with van der Waals surface area (Å²) in [7, 11) is 0. The van der Waals surface area contributed by atoms with E-state index in [4.69, 9.17) is 0 Å². The second kappa shape index (κ2) is 5.72. The summed E-state index contributed by atoms with van der Waals surface area (Å²) in [6.07, 6.45) is 4.08. The largest absolute Gasteiger partial charge is 0.211 e. The molecule has 0 aliphatic heterocycles. The fourth-order valence-corrected chi connectivity index (χ4v) is 4.36. The third-order valence-corrected chi connectivity index (χ3v) is 5.75. The highest BCUT2D eigenvalue weighted by Gasteiger charge is 2.34. The molecule has 0 heterocycles. The molecule has 0 aromatic heterocycles. The van der Waals surface area contributed by atoms with Crippen LogP contribution in [0.5, 0.6) is 0 Å². The van der Waals surface area contributed by atoms with E-state index >= 15 is 0 Å². The Hall–Kier alpha value is -0.390. The van der Waals surface area contributed by atoms with Gasteiger partial charge in [-0.25, -0.2) is 13.2 Å². The van der Waals surface area contributed by atoms with Crippen molar-refractivity contribution >= 4 is 25.2 Å². The van der Waals surface area contributed by atoms with Crippen molar-refractivity contribution in [1.29, 1.82) is 0 Å². The summed E-state index contributed by atoms with van der Waals surface area (Å²) in [6.45, 7) is 1.93. The second-order valence-electron chi connectivity index (χ2n) is 4.82. The summed E-state index contributed by atoms with van der Waals surface area (Å²) >= 11 is -0.453. The first-order chi connectivity index (χ1) is 8.54. The zero-order chi connectivity index (χ0) is 13.3. The van der Waals surface area contributed by atoms with Gasteiger partial charge in [-0.15, -0.1) is 20.7 Å². The van der Waals surface area contributed by atoms with Crippen LogP contribution in [0.2, 0.25) is 0 Å². The smallest absolute Gasteiger partial charge is 0.125 e. The maximum absolute atomic E-state index is 13.8. The third-order valence-electron chi connectivity index (χ3n) is 3.59. The van der Waals surface area contributed by atoms with E-state index in [0.29, 0.717) is 12.8 Å². The number of alkyl halides is 1. The number of rotatable bonds is 2. The lowest BCUT2D eigenvalue weighted by Crippen LogP contribution is -2.24. The summed E-state index contributed by atoms with van der Waals surface area (Å²) in [6, 6.07) is 0. The van der Waals surface area contributed by atoms with Crippen molar-refractivity contribution in [2.45, 2.75) is 30.1 Å². The van der Waals surface area contributed by atoms with Crippen molar-refractivity contribution in [3.05, 3.63) is 35.2 Å². The molecule has 3 atom stereocenters. The maximum Gasteiger partial charge on any atom is 0.125 e. The zero-order valence-electron chi connectivity index (χ0n) is 10.2. The first kappa shape index (κ1) is 14.0. The molecule has 0 amide bonds. The first-order valence-corrected chi connectivity index (χ1v) is 8.80. The van der Waals surface area contributed by atoms with Crippen LogP contribution in [0.3, 0.4) is 0 Å². The van der Waals surface area contributed by atoms with Gasteiger partial charge in [-0.05, 0) is 30.9 Å². The first-order valence-electron chi connectivity index (χ1n) is 6.03. The standard InChI is InChI=1S/C14H16F3I/c1-8-6-13(18-2)12(17)7-9(8)14-10(15)4-3-5-11(14)16/h4,7-9,13H,2-3,5-6H2,1H3/t8-,9?,13?/m0/s1. The van der Waals surface area contributed by atoms with Crippen LogP contribution in [-0.2, 0) is 0 Å². The Bertz CT molecular complexity index is 448. The molecule has 0 nitrogen and oxygen atoms in total. The summed E-state index contributed by atoms with van der Waals surface area (Å²) < 4.78 is 45.1. The van der Waals surface area contributed by atoms with Crippen LogP contribution in [0, 0.1) is 11.8 Å². The average molecular weight is 368 g/mol. The van der Waals surface area contributed by atoms with Crippen LogP contribution >= 0.6 is 20.7 Å². The normalized spacial score (nSPS) is 33.2. The number of hydrogen-bond acceptors (Lipinski definition) is 0. The molecule has 0 aromatic rings. The number of hydrogen-bond donors (Lipinski definition) is 0. The molecule has 0 saturated carbocycles. The molecule has 0 fully saturated rings. The van der Waals surface area contributed by atoms with Gasteiger partial charge in [0.15, 0.2) is 0 Å². The topological polar surface area (TPSA) is 0 Å². The molecule has 2 aliphatic carbocycles. The van der Waals surface area contributed by atoms with E-state index in [9.17, 15) is 13.2 Å². The molecule has 0 saturated heterocycles. The van der Waals surface area contributed by atoms with Crippen LogP contribution in [0.4, 0.5) is 13.2 Å². The monoisotopic (exact) mass is 368 g/mol. The Morgan fingerprint density at radius 2 is 2.06 bits per heavy atom. The maximum atomic E-state index is 13.8. The van der Waals surface area contributed by atoms with Crippen LogP contribution in [-0.4, -0.2) is 8.44 Å². The fraction of sp³-hybridized carbons (Fsp3) is 0.500. The quantitative estimate of drug-likeness (QED) is 0.468. The van der Waals surface area contributed by atoms with E-state index in [1.165, 1.54) is 12.2 Å². The molecular weight excluding hydrogens is 352 g/mol. The molecular formula is C14H16F3I. The molecule has 2 unspecified atom stereocenters. The van der Waals surface area contributed by atoms with Gasteiger partial charge in [-0.1, -0.05) is 11.4 Å². The molecule has 0 aromatic carbocycles. The van der Waals surface area contributed by atoms with Gasteiger partial charge >= 0.3 is 0 Å². The summed E-state index contributed by atoms with van der Waals surface area (Å²) in [5.41, 5.74) is 0.0737. The Kier molecular flexibility index (Phi) is 4.45. The van der Waals surface area contributed by atoms with Crippen molar-refractivity contribution in [2.75, 3.05) is 0 Å². The predicted molar refractivity (Wildman–Crippen MR) is 78.0 cm³/mol. The third kappa shape index (κ3) is 2.63. The summed E-state index contributed by atoms with van der Waals surface area (Å²) in [5.74, 6) is -1.55.